The maximum Gasteiger partial charge on any atom is 0.304 e. The van der Waals surface area contributed by atoms with Gasteiger partial charge in [-0.3, -0.25) is 9.59 Å². The molecule has 2 aromatic rings. The standard InChI is InChI=1S/C28H38N4O3/c1-32(18-15-21-9-4-2-5-10-21)26-23(27(35)30-22-11-6-3-7-12-22)13-14-24(31-26)28(19-25(33)34)16-8-17-29-20-28/h2,4-5,9-10,13-14,22,29H,3,6-8,11-12,15-20H2,1H3,(H,30,35)(H,33,34)/t28-/m0/s1. The molecule has 2 aliphatic rings. The summed E-state index contributed by atoms with van der Waals surface area (Å²) in [4.78, 5) is 32.2. The summed E-state index contributed by atoms with van der Waals surface area (Å²) < 4.78 is 0. The van der Waals surface area contributed by atoms with Crippen LogP contribution >= 0.6 is 0 Å². The molecule has 0 bridgehead atoms. The first-order valence-corrected chi connectivity index (χ1v) is 13.0. The van der Waals surface area contributed by atoms with E-state index in [0.29, 0.717) is 24.5 Å². The first-order chi connectivity index (χ1) is 17.0. The second-order valence-corrected chi connectivity index (χ2v) is 10.2. The van der Waals surface area contributed by atoms with E-state index in [4.69, 9.17) is 4.98 Å². The molecule has 1 aliphatic carbocycles. The molecule has 1 aromatic carbocycles. The number of pyridine rings is 1. The maximum atomic E-state index is 13.4. The van der Waals surface area contributed by atoms with E-state index in [1.807, 2.05) is 42.3 Å². The quantitative estimate of drug-likeness (QED) is 0.506. The van der Waals surface area contributed by atoms with Crippen LogP contribution < -0.4 is 15.5 Å². The van der Waals surface area contributed by atoms with Crippen LogP contribution in [0.1, 0.15) is 73.0 Å². The number of aromatic nitrogens is 1. The summed E-state index contributed by atoms with van der Waals surface area (Å²) in [6.45, 7) is 2.16. The topological polar surface area (TPSA) is 94.6 Å². The fourth-order valence-corrected chi connectivity index (χ4v) is 5.49. The van der Waals surface area contributed by atoms with Crippen molar-refractivity contribution in [1.82, 2.24) is 15.6 Å². The Morgan fingerprint density at radius 3 is 2.57 bits per heavy atom. The van der Waals surface area contributed by atoms with Crippen LogP contribution in [0.4, 0.5) is 5.82 Å². The molecule has 1 amide bonds. The molecule has 7 heteroatoms. The van der Waals surface area contributed by atoms with E-state index in [9.17, 15) is 14.7 Å². The van der Waals surface area contributed by atoms with Crippen LogP contribution in [0.5, 0.6) is 0 Å². The van der Waals surface area contributed by atoms with Gasteiger partial charge in [0.15, 0.2) is 0 Å². The second kappa shape index (κ2) is 11.7. The van der Waals surface area contributed by atoms with Gasteiger partial charge in [0, 0.05) is 31.6 Å². The van der Waals surface area contributed by atoms with Gasteiger partial charge in [0.25, 0.3) is 5.91 Å². The highest BCUT2D eigenvalue weighted by Gasteiger charge is 2.38. The van der Waals surface area contributed by atoms with Crippen LogP contribution in [0.25, 0.3) is 0 Å². The molecule has 4 rings (SSSR count). The number of hydrogen-bond donors (Lipinski definition) is 3. The average molecular weight is 479 g/mol. The molecule has 1 saturated heterocycles. The summed E-state index contributed by atoms with van der Waals surface area (Å²) in [5.41, 5.74) is 1.96. The lowest BCUT2D eigenvalue weighted by molar-refractivity contribution is -0.138. The molecule has 2 heterocycles. The van der Waals surface area contributed by atoms with Crippen LogP contribution in [0.2, 0.25) is 0 Å². The van der Waals surface area contributed by atoms with Crippen LogP contribution in [0, 0.1) is 0 Å². The number of rotatable bonds is 9. The Hall–Kier alpha value is -2.93. The van der Waals surface area contributed by atoms with Crippen molar-refractivity contribution in [2.45, 2.75) is 69.2 Å². The minimum Gasteiger partial charge on any atom is -0.481 e. The number of carbonyl (C=O) groups is 2. The molecule has 0 radical (unpaired) electrons. The van der Waals surface area contributed by atoms with E-state index < -0.39 is 11.4 Å². The number of nitrogens with zero attached hydrogens (tertiary/aromatic N) is 2. The van der Waals surface area contributed by atoms with Gasteiger partial charge in [0.1, 0.15) is 5.82 Å². The number of likely N-dealkylation sites (N-methyl/N-ethyl adjacent to an activating group) is 1. The Kier molecular flexibility index (Phi) is 8.39. The first kappa shape index (κ1) is 25.2. The van der Waals surface area contributed by atoms with Gasteiger partial charge in [0.05, 0.1) is 17.7 Å². The summed E-state index contributed by atoms with van der Waals surface area (Å²) in [6.07, 6.45) is 8.08. The number of amides is 1. The third-order valence-corrected chi connectivity index (χ3v) is 7.51. The van der Waals surface area contributed by atoms with E-state index in [-0.39, 0.29) is 18.4 Å². The van der Waals surface area contributed by atoms with Crippen molar-refractivity contribution in [1.29, 1.82) is 0 Å². The molecular weight excluding hydrogens is 440 g/mol. The van der Waals surface area contributed by atoms with E-state index >= 15 is 0 Å². The van der Waals surface area contributed by atoms with Gasteiger partial charge in [-0.2, -0.15) is 0 Å². The Morgan fingerprint density at radius 1 is 1.11 bits per heavy atom. The number of benzene rings is 1. The van der Waals surface area contributed by atoms with Gasteiger partial charge in [-0.25, -0.2) is 4.98 Å². The number of anilines is 1. The van der Waals surface area contributed by atoms with E-state index in [2.05, 4.69) is 22.8 Å². The number of carboxylic acid groups (broad SMARTS) is 1. The van der Waals surface area contributed by atoms with Gasteiger partial charge in [-0.05, 0) is 56.3 Å². The molecule has 1 saturated carbocycles. The van der Waals surface area contributed by atoms with Crippen molar-refractivity contribution < 1.29 is 14.7 Å². The molecular formula is C28H38N4O3. The van der Waals surface area contributed by atoms with Crippen molar-refractivity contribution in [2.75, 3.05) is 31.6 Å². The lowest BCUT2D eigenvalue weighted by atomic mass is 9.74. The highest BCUT2D eigenvalue weighted by molar-refractivity contribution is 5.99. The number of carboxylic acids is 1. The summed E-state index contributed by atoms with van der Waals surface area (Å²) in [6, 6.07) is 14.2. The number of piperidine rings is 1. The van der Waals surface area contributed by atoms with Crippen molar-refractivity contribution in [2.24, 2.45) is 0 Å². The van der Waals surface area contributed by atoms with Crippen LogP contribution in [0.3, 0.4) is 0 Å². The molecule has 1 aliphatic heterocycles. The number of nitrogens with one attached hydrogen (secondary N) is 2. The van der Waals surface area contributed by atoms with Gasteiger partial charge in [0.2, 0.25) is 0 Å². The third kappa shape index (κ3) is 6.40. The molecule has 35 heavy (non-hydrogen) atoms. The zero-order chi connectivity index (χ0) is 24.7. The minimum atomic E-state index is -0.825. The molecule has 3 N–H and O–H groups in total. The molecule has 188 valence electrons. The van der Waals surface area contributed by atoms with Crippen LogP contribution in [-0.2, 0) is 16.6 Å². The number of hydrogen-bond acceptors (Lipinski definition) is 5. The lowest BCUT2D eigenvalue weighted by Crippen LogP contribution is -2.45. The number of aliphatic carboxylic acids is 1. The SMILES string of the molecule is CN(CCc1ccccc1)c1nc([C@]2(CC(=O)O)CCCNC2)ccc1C(=O)NC1CCCCC1. The Balaban J connectivity index is 1.64. The summed E-state index contributed by atoms with van der Waals surface area (Å²) in [5.74, 6) is -0.290. The smallest absolute Gasteiger partial charge is 0.304 e. The Labute approximate surface area is 208 Å². The first-order valence-electron chi connectivity index (χ1n) is 13.0. The van der Waals surface area contributed by atoms with Crippen molar-refractivity contribution in [3.05, 3.63) is 59.3 Å². The highest BCUT2D eigenvalue weighted by atomic mass is 16.4. The van der Waals surface area contributed by atoms with Crippen molar-refractivity contribution >= 4 is 17.7 Å². The highest BCUT2D eigenvalue weighted by Crippen LogP contribution is 2.35. The molecule has 1 aromatic heterocycles. The van der Waals surface area contributed by atoms with Gasteiger partial charge in [-0.1, -0.05) is 49.6 Å². The largest absolute Gasteiger partial charge is 0.481 e. The van der Waals surface area contributed by atoms with E-state index in [1.54, 1.807) is 0 Å². The van der Waals surface area contributed by atoms with Crippen molar-refractivity contribution in [3.63, 3.8) is 0 Å². The Morgan fingerprint density at radius 2 is 1.89 bits per heavy atom. The molecule has 0 spiro atoms. The van der Waals surface area contributed by atoms with Crippen molar-refractivity contribution in [3.8, 4) is 0 Å². The molecule has 7 nitrogen and oxygen atoms in total. The fraction of sp³-hybridized carbons (Fsp3) is 0.536. The lowest BCUT2D eigenvalue weighted by Gasteiger charge is -2.37. The maximum absolute atomic E-state index is 13.4. The van der Waals surface area contributed by atoms with Gasteiger partial charge >= 0.3 is 5.97 Å². The summed E-state index contributed by atoms with van der Waals surface area (Å²) >= 11 is 0. The van der Waals surface area contributed by atoms with Gasteiger partial charge < -0.3 is 20.6 Å². The zero-order valence-corrected chi connectivity index (χ0v) is 20.8. The average Bonchev–Trinajstić information content (AvgIpc) is 2.88. The predicted octanol–water partition coefficient (Wildman–Crippen LogP) is 3.92. The third-order valence-electron chi connectivity index (χ3n) is 7.51. The summed E-state index contributed by atoms with van der Waals surface area (Å²) in [7, 11) is 1.97. The molecule has 0 unspecified atom stereocenters. The molecule has 1 atom stereocenters. The predicted molar refractivity (Wildman–Crippen MR) is 138 cm³/mol. The minimum absolute atomic E-state index is 0.0216. The normalized spacial score (nSPS) is 20.8. The van der Waals surface area contributed by atoms with Crippen LogP contribution in [-0.4, -0.2) is 54.7 Å². The summed E-state index contributed by atoms with van der Waals surface area (Å²) in [5, 5.41) is 16.3. The Bertz CT molecular complexity index is 999. The zero-order valence-electron chi connectivity index (χ0n) is 20.8. The molecule has 2 fully saturated rings. The number of carbonyl (C=O) groups excluding carboxylic acids is 1. The monoisotopic (exact) mass is 478 g/mol. The second-order valence-electron chi connectivity index (χ2n) is 10.2. The fourth-order valence-electron chi connectivity index (χ4n) is 5.49. The van der Waals surface area contributed by atoms with E-state index in [0.717, 1.165) is 57.2 Å². The van der Waals surface area contributed by atoms with E-state index in [1.165, 1.54) is 12.0 Å². The van der Waals surface area contributed by atoms with Crippen LogP contribution in [0.15, 0.2) is 42.5 Å². The van der Waals surface area contributed by atoms with Gasteiger partial charge in [-0.15, -0.1) is 0 Å².